The number of hydrogen-bond acceptors (Lipinski definition) is 0. The molecule has 1 atom stereocenters. The molecule has 0 radical (unpaired) electrons. The highest BCUT2D eigenvalue weighted by Gasteiger charge is 2.40. The average Bonchev–Trinajstić information content (AvgIpc) is 2.96. The molecule has 3 rings (SSSR count). The Morgan fingerprint density at radius 3 is 1.24 bits per heavy atom. The van der Waals surface area contributed by atoms with Crippen LogP contribution in [0, 0.1) is 0 Å². The van der Waals surface area contributed by atoms with Gasteiger partial charge in [0.25, 0.3) is 0 Å². The lowest BCUT2D eigenvalue weighted by molar-refractivity contribution is 0.471. The van der Waals surface area contributed by atoms with Gasteiger partial charge in [-0.05, 0) is 23.1 Å². The van der Waals surface area contributed by atoms with Crippen molar-refractivity contribution in [1.29, 1.82) is 0 Å². The SMILES string of the molecule is CCCCCCCCCCCCCCCCC(c1ccccc1)C(Cl)(c1ccccc1)c1ccccc1. The average molecular weight is 517 g/mol. The summed E-state index contributed by atoms with van der Waals surface area (Å²) < 4.78 is 0. The van der Waals surface area contributed by atoms with E-state index in [1.54, 1.807) is 0 Å². The predicted molar refractivity (Wildman–Crippen MR) is 164 cm³/mol. The van der Waals surface area contributed by atoms with Crippen LogP contribution in [0.5, 0.6) is 0 Å². The van der Waals surface area contributed by atoms with E-state index in [1.165, 1.54) is 107 Å². The molecule has 0 aliphatic carbocycles. The zero-order chi connectivity index (χ0) is 26.0. The summed E-state index contributed by atoms with van der Waals surface area (Å²) in [5.74, 6) is 0.220. The summed E-state index contributed by atoms with van der Waals surface area (Å²) in [5.41, 5.74) is 3.70. The van der Waals surface area contributed by atoms with Gasteiger partial charge < -0.3 is 0 Å². The second kappa shape index (κ2) is 17.5. The third-order valence-electron chi connectivity index (χ3n) is 7.92. The maximum Gasteiger partial charge on any atom is 0.101 e. The van der Waals surface area contributed by atoms with Crippen molar-refractivity contribution in [2.75, 3.05) is 0 Å². The number of hydrogen-bond donors (Lipinski definition) is 0. The molecule has 200 valence electrons. The van der Waals surface area contributed by atoms with Crippen LogP contribution in [0.1, 0.15) is 126 Å². The molecule has 0 spiro atoms. The molecule has 0 aliphatic heterocycles. The van der Waals surface area contributed by atoms with E-state index in [0.29, 0.717) is 0 Å². The van der Waals surface area contributed by atoms with E-state index >= 15 is 0 Å². The van der Waals surface area contributed by atoms with Crippen LogP contribution in [0.3, 0.4) is 0 Å². The van der Waals surface area contributed by atoms with E-state index in [9.17, 15) is 0 Å². The molecule has 0 saturated carbocycles. The monoisotopic (exact) mass is 516 g/mol. The maximum atomic E-state index is 7.75. The first kappa shape index (κ1) is 29.5. The van der Waals surface area contributed by atoms with Crippen LogP contribution < -0.4 is 0 Å². The lowest BCUT2D eigenvalue weighted by atomic mass is 9.74. The third-order valence-corrected chi connectivity index (χ3v) is 8.62. The van der Waals surface area contributed by atoms with Gasteiger partial charge in [0.05, 0.1) is 0 Å². The fourth-order valence-corrected chi connectivity index (χ4v) is 6.24. The minimum atomic E-state index is -0.583. The lowest BCUT2D eigenvalue weighted by Gasteiger charge is -2.37. The Labute approximate surface area is 232 Å². The molecule has 3 aromatic rings. The minimum Gasteiger partial charge on any atom is -0.108 e. The molecule has 3 aromatic carbocycles. The molecule has 0 nitrogen and oxygen atoms in total. The minimum absolute atomic E-state index is 0.220. The predicted octanol–water partition coefficient (Wildman–Crippen LogP) is 11.8. The van der Waals surface area contributed by atoms with Crippen LogP contribution in [-0.4, -0.2) is 0 Å². The van der Waals surface area contributed by atoms with Crippen molar-refractivity contribution < 1.29 is 0 Å². The van der Waals surface area contributed by atoms with E-state index < -0.39 is 4.87 Å². The second-order valence-corrected chi connectivity index (χ2v) is 11.4. The Morgan fingerprint density at radius 2 is 0.838 bits per heavy atom. The van der Waals surface area contributed by atoms with Gasteiger partial charge in [-0.1, -0.05) is 188 Å². The fourth-order valence-electron chi connectivity index (χ4n) is 5.75. The van der Waals surface area contributed by atoms with Crippen LogP contribution in [0.4, 0.5) is 0 Å². The molecule has 0 aromatic heterocycles. The topological polar surface area (TPSA) is 0 Å². The summed E-state index contributed by atoms with van der Waals surface area (Å²) in [7, 11) is 0. The number of unbranched alkanes of at least 4 members (excludes halogenated alkanes) is 13. The van der Waals surface area contributed by atoms with Gasteiger partial charge in [-0.3, -0.25) is 0 Å². The largest absolute Gasteiger partial charge is 0.108 e. The molecule has 0 bridgehead atoms. The first-order chi connectivity index (χ1) is 18.3. The van der Waals surface area contributed by atoms with Crippen molar-refractivity contribution in [3.63, 3.8) is 0 Å². The van der Waals surface area contributed by atoms with Crippen LogP contribution in [0.15, 0.2) is 91.0 Å². The van der Waals surface area contributed by atoms with Crippen molar-refractivity contribution >= 4 is 11.6 Å². The van der Waals surface area contributed by atoms with Gasteiger partial charge in [0.1, 0.15) is 4.87 Å². The lowest BCUT2D eigenvalue weighted by Crippen LogP contribution is -2.29. The summed E-state index contributed by atoms with van der Waals surface area (Å²) in [4.78, 5) is -0.583. The standard InChI is InChI=1S/C36H49Cl/c1-2-3-4-5-6-7-8-9-10-11-12-13-14-24-31-35(32-25-18-15-19-26-32)36(37,33-27-20-16-21-28-33)34-29-22-17-23-30-34/h15-23,25-30,35H,2-14,24,31H2,1H3. The molecular weight excluding hydrogens is 468 g/mol. The number of benzene rings is 3. The van der Waals surface area contributed by atoms with Gasteiger partial charge in [0.15, 0.2) is 0 Å². The molecule has 0 fully saturated rings. The summed E-state index contributed by atoms with van der Waals surface area (Å²) >= 11 is 7.75. The zero-order valence-corrected chi connectivity index (χ0v) is 24.0. The number of alkyl halides is 1. The van der Waals surface area contributed by atoms with E-state index in [-0.39, 0.29) is 5.92 Å². The molecule has 1 unspecified atom stereocenters. The van der Waals surface area contributed by atoms with Gasteiger partial charge in [-0.2, -0.15) is 0 Å². The number of rotatable bonds is 19. The van der Waals surface area contributed by atoms with Crippen molar-refractivity contribution in [1.82, 2.24) is 0 Å². The van der Waals surface area contributed by atoms with E-state index in [4.69, 9.17) is 11.6 Å². The Morgan fingerprint density at radius 1 is 0.486 bits per heavy atom. The van der Waals surface area contributed by atoms with Crippen LogP contribution in [0.2, 0.25) is 0 Å². The molecule has 37 heavy (non-hydrogen) atoms. The van der Waals surface area contributed by atoms with Crippen molar-refractivity contribution in [3.8, 4) is 0 Å². The van der Waals surface area contributed by atoms with Crippen molar-refractivity contribution in [2.45, 2.75) is 114 Å². The van der Waals surface area contributed by atoms with Gasteiger partial charge in [-0.15, -0.1) is 11.6 Å². The smallest absolute Gasteiger partial charge is 0.101 e. The van der Waals surface area contributed by atoms with Crippen molar-refractivity contribution in [2.24, 2.45) is 0 Å². The zero-order valence-electron chi connectivity index (χ0n) is 23.2. The highest BCUT2D eigenvalue weighted by Crippen LogP contribution is 2.50. The normalized spacial score (nSPS) is 12.5. The van der Waals surface area contributed by atoms with Crippen molar-refractivity contribution in [3.05, 3.63) is 108 Å². The Bertz CT molecular complexity index is 895. The van der Waals surface area contributed by atoms with E-state index in [1.807, 2.05) is 0 Å². The van der Waals surface area contributed by atoms with E-state index in [0.717, 1.165) is 6.42 Å². The van der Waals surface area contributed by atoms with Gasteiger partial charge in [-0.25, -0.2) is 0 Å². The molecule has 0 amide bonds. The fraction of sp³-hybridized carbons (Fsp3) is 0.500. The Kier molecular flexibility index (Phi) is 13.9. The highest BCUT2D eigenvalue weighted by molar-refractivity contribution is 6.26. The van der Waals surface area contributed by atoms with Gasteiger partial charge in [0, 0.05) is 5.92 Å². The molecular formula is C36H49Cl. The molecule has 0 saturated heterocycles. The summed E-state index contributed by atoms with van der Waals surface area (Å²) in [5, 5.41) is 0. The van der Waals surface area contributed by atoms with E-state index in [2.05, 4.69) is 97.9 Å². The van der Waals surface area contributed by atoms with Gasteiger partial charge in [0.2, 0.25) is 0 Å². The maximum absolute atomic E-state index is 7.75. The first-order valence-electron chi connectivity index (χ1n) is 15.1. The number of halogens is 1. The van der Waals surface area contributed by atoms with Gasteiger partial charge >= 0.3 is 0 Å². The molecule has 1 heteroatoms. The second-order valence-electron chi connectivity index (χ2n) is 10.8. The Hall–Kier alpha value is -2.05. The molecule has 0 heterocycles. The Balaban J connectivity index is 1.51. The first-order valence-corrected chi connectivity index (χ1v) is 15.5. The highest BCUT2D eigenvalue weighted by atomic mass is 35.5. The summed E-state index contributed by atoms with van der Waals surface area (Å²) in [6.45, 7) is 2.29. The summed E-state index contributed by atoms with van der Waals surface area (Å²) in [6.07, 6.45) is 20.5. The van der Waals surface area contributed by atoms with Crippen LogP contribution >= 0.6 is 11.6 Å². The third kappa shape index (κ3) is 9.64. The summed E-state index contributed by atoms with van der Waals surface area (Å²) in [6, 6.07) is 32.3. The molecule has 0 N–H and O–H groups in total. The van der Waals surface area contributed by atoms with Crippen LogP contribution in [0.25, 0.3) is 0 Å². The van der Waals surface area contributed by atoms with Crippen LogP contribution in [-0.2, 0) is 4.87 Å². The molecule has 0 aliphatic rings. The quantitative estimate of drug-likeness (QED) is 0.110.